The van der Waals surface area contributed by atoms with Gasteiger partial charge in [-0.2, -0.15) is 0 Å². The lowest BCUT2D eigenvalue weighted by atomic mass is 9.94. The number of fused-ring (bicyclic) bond motifs is 7. The Balaban J connectivity index is 0.936. The van der Waals surface area contributed by atoms with Crippen LogP contribution in [0.15, 0.2) is 267 Å². The molecule has 0 N–H and O–H groups in total. The monoisotopic (exact) mass is 864 g/mol. The van der Waals surface area contributed by atoms with E-state index in [2.05, 4.69) is 276 Å². The van der Waals surface area contributed by atoms with Crippen molar-refractivity contribution in [2.75, 3.05) is 4.90 Å². The predicted octanol–water partition coefficient (Wildman–Crippen LogP) is 18.4. The van der Waals surface area contributed by atoms with Crippen LogP contribution < -0.4 is 4.90 Å². The molecular weight excluding hydrogens is 821 g/mol. The average molecular weight is 865 g/mol. The Morgan fingerprint density at radius 3 is 1.60 bits per heavy atom. The number of benzene rings is 12. The number of nitrogens with zero attached hydrogens (tertiary/aromatic N) is 2. The molecule has 13 aromatic rings. The van der Waals surface area contributed by atoms with Gasteiger partial charge < -0.3 is 9.47 Å². The van der Waals surface area contributed by atoms with E-state index in [4.69, 9.17) is 0 Å². The van der Waals surface area contributed by atoms with Crippen molar-refractivity contribution >= 4 is 71.2 Å². The van der Waals surface area contributed by atoms with Crippen LogP contribution in [0.1, 0.15) is 0 Å². The number of hydrogen-bond donors (Lipinski definition) is 0. The van der Waals surface area contributed by atoms with Crippen molar-refractivity contribution < 1.29 is 0 Å². The van der Waals surface area contributed by atoms with Gasteiger partial charge in [-0.15, -0.1) is 0 Å². The fraction of sp³-hybridized carbons (Fsp3) is 0. The third kappa shape index (κ3) is 6.73. The molecule has 2 heteroatoms. The Kier molecular flexibility index (Phi) is 9.54. The summed E-state index contributed by atoms with van der Waals surface area (Å²) in [5.41, 5.74) is 16.3. The van der Waals surface area contributed by atoms with Gasteiger partial charge in [-0.05, 0) is 138 Å². The van der Waals surface area contributed by atoms with Gasteiger partial charge in [0.2, 0.25) is 0 Å². The van der Waals surface area contributed by atoms with Crippen LogP contribution >= 0.6 is 0 Å². The predicted molar refractivity (Wildman–Crippen MR) is 290 cm³/mol. The number of aromatic nitrogens is 1. The maximum atomic E-state index is 2.42. The van der Waals surface area contributed by atoms with Crippen molar-refractivity contribution in [3.63, 3.8) is 0 Å². The Labute approximate surface area is 395 Å². The second kappa shape index (κ2) is 16.5. The van der Waals surface area contributed by atoms with Crippen LogP contribution in [-0.2, 0) is 0 Å². The molecule has 0 radical (unpaired) electrons. The summed E-state index contributed by atoms with van der Waals surface area (Å²) < 4.78 is 2.39. The van der Waals surface area contributed by atoms with Crippen molar-refractivity contribution in [2.24, 2.45) is 0 Å². The summed E-state index contributed by atoms with van der Waals surface area (Å²) in [4.78, 5) is 2.42. The number of rotatable bonds is 8. The first-order valence-electron chi connectivity index (χ1n) is 23.4. The molecule has 0 unspecified atom stereocenters. The summed E-state index contributed by atoms with van der Waals surface area (Å²) in [6.45, 7) is 0. The largest absolute Gasteiger partial charge is 0.310 e. The smallest absolute Gasteiger partial charge is 0.0547 e. The molecule has 68 heavy (non-hydrogen) atoms. The zero-order valence-corrected chi connectivity index (χ0v) is 37.3. The standard InChI is InChI=1S/C66H44N2/c1-2-20-53(21-3-1)68-64-29-11-9-25-62(64)66-61(27-14-30-65(66)68)51-19-12-18-50(44-51)60-24-8-10-28-63(60)67(55-40-35-48(36-41-55)58-26-13-17-46-15-4-6-22-56(46)58)54-38-33-45(34-39-54)49-37-42-59-52(43-49)32-31-47-16-5-7-23-57(47)59/h1-44H. The van der Waals surface area contributed by atoms with E-state index in [-0.39, 0.29) is 0 Å². The summed E-state index contributed by atoms with van der Waals surface area (Å²) in [6, 6.07) is 97.5. The van der Waals surface area contributed by atoms with Crippen LogP contribution in [0, 0.1) is 0 Å². The van der Waals surface area contributed by atoms with Gasteiger partial charge in [0.05, 0.1) is 16.7 Å². The third-order valence-electron chi connectivity index (χ3n) is 13.8. The van der Waals surface area contributed by atoms with Gasteiger partial charge in [0, 0.05) is 33.4 Å². The maximum absolute atomic E-state index is 2.42. The first-order chi connectivity index (χ1) is 33.7. The lowest BCUT2D eigenvalue weighted by Crippen LogP contribution is -2.11. The second-order valence-electron chi connectivity index (χ2n) is 17.7. The molecule has 0 amide bonds. The molecule has 0 saturated heterocycles. The number of para-hydroxylation sites is 3. The fourth-order valence-corrected chi connectivity index (χ4v) is 10.6. The minimum absolute atomic E-state index is 1.08. The van der Waals surface area contributed by atoms with Gasteiger partial charge in [-0.1, -0.05) is 200 Å². The van der Waals surface area contributed by atoms with Gasteiger partial charge in [-0.25, -0.2) is 0 Å². The van der Waals surface area contributed by atoms with Crippen LogP contribution in [0.2, 0.25) is 0 Å². The maximum Gasteiger partial charge on any atom is 0.0547 e. The van der Waals surface area contributed by atoms with E-state index in [1.807, 2.05) is 0 Å². The molecule has 0 fully saturated rings. The van der Waals surface area contributed by atoms with E-state index >= 15 is 0 Å². The summed E-state index contributed by atoms with van der Waals surface area (Å²) >= 11 is 0. The van der Waals surface area contributed by atoms with Crippen LogP contribution in [0.5, 0.6) is 0 Å². The molecule has 318 valence electrons. The Morgan fingerprint density at radius 2 is 0.794 bits per heavy atom. The van der Waals surface area contributed by atoms with E-state index in [9.17, 15) is 0 Å². The highest BCUT2D eigenvalue weighted by atomic mass is 15.1. The van der Waals surface area contributed by atoms with Crippen molar-refractivity contribution in [2.45, 2.75) is 0 Å². The molecule has 1 aromatic heterocycles. The summed E-state index contributed by atoms with van der Waals surface area (Å²) in [5.74, 6) is 0. The minimum Gasteiger partial charge on any atom is -0.310 e. The van der Waals surface area contributed by atoms with Crippen LogP contribution in [0.3, 0.4) is 0 Å². The van der Waals surface area contributed by atoms with E-state index < -0.39 is 0 Å². The minimum atomic E-state index is 1.08. The fourth-order valence-electron chi connectivity index (χ4n) is 10.6. The van der Waals surface area contributed by atoms with Crippen molar-refractivity contribution in [3.8, 4) is 50.2 Å². The van der Waals surface area contributed by atoms with E-state index in [0.717, 1.165) is 33.9 Å². The van der Waals surface area contributed by atoms with E-state index in [1.165, 1.54) is 87.5 Å². The van der Waals surface area contributed by atoms with Gasteiger partial charge in [-0.3, -0.25) is 0 Å². The molecule has 0 aliphatic heterocycles. The summed E-state index contributed by atoms with van der Waals surface area (Å²) in [5, 5.41) is 10.1. The molecule has 0 spiro atoms. The lowest BCUT2D eigenvalue weighted by Gasteiger charge is -2.28. The van der Waals surface area contributed by atoms with E-state index in [0.29, 0.717) is 0 Å². The zero-order valence-electron chi connectivity index (χ0n) is 37.3. The zero-order chi connectivity index (χ0) is 45.0. The molecule has 0 aliphatic rings. The highest BCUT2D eigenvalue weighted by Gasteiger charge is 2.20. The Morgan fingerprint density at radius 1 is 0.265 bits per heavy atom. The van der Waals surface area contributed by atoms with Gasteiger partial charge in [0.15, 0.2) is 0 Å². The number of hydrogen-bond acceptors (Lipinski definition) is 1. The highest BCUT2D eigenvalue weighted by molar-refractivity contribution is 6.16. The van der Waals surface area contributed by atoms with Crippen LogP contribution in [0.4, 0.5) is 17.1 Å². The normalized spacial score (nSPS) is 11.5. The van der Waals surface area contributed by atoms with E-state index in [1.54, 1.807) is 0 Å². The molecule has 13 rings (SSSR count). The second-order valence-corrected chi connectivity index (χ2v) is 17.7. The Hall–Kier alpha value is -8.98. The number of anilines is 3. The summed E-state index contributed by atoms with van der Waals surface area (Å²) in [7, 11) is 0. The SMILES string of the molecule is c1ccc(-n2c3ccccc3c3c(-c4cccc(-c5ccccc5N(c5ccc(-c6ccc7c(ccc8ccccc87)c6)cc5)c5ccc(-c6cccc7ccccc67)cc5)c4)cccc32)cc1. The highest BCUT2D eigenvalue weighted by Crippen LogP contribution is 2.45. The quantitative estimate of drug-likeness (QED) is 0.138. The lowest BCUT2D eigenvalue weighted by molar-refractivity contribution is 1.18. The van der Waals surface area contributed by atoms with Gasteiger partial charge >= 0.3 is 0 Å². The van der Waals surface area contributed by atoms with Crippen molar-refractivity contribution in [1.29, 1.82) is 0 Å². The Bertz CT molecular complexity index is 4010. The molecule has 1 heterocycles. The first-order valence-corrected chi connectivity index (χ1v) is 23.4. The molecule has 0 aliphatic carbocycles. The van der Waals surface area contributed by atoms with Gasteiger partial charge in [0.1, 0.15) is 0 Å². The van der Waals surface area contributed by atoms with Gasteiger partial charge in [0.25, 0.3) is 0 Å². The molecule has 12 aromatic carbocycles. The molecule has 2 nitrogen and oxygen atoms in total. The van der Waals surface area contributed by atoms with Crippen LogP contribution in [0.25, 0.3) is 104 Å². The van der Waals surface area contributed by atoms with Crippen molar-refractivity contribution in [1.82, 2.24) is 4.57 Å². The summed E-state index contributed by atoms with van der Waals surface area (Å²) in [6.07, 6.45) is 0. The topological polar surface area (TPSA) is 8.17 Å². The first kappa shape index (κ1) is 39.4. The molecule has 0 saturated carbocycles. The van der Waals surface area contributed by atoms with Crippen LogP contribution in [-0.4, -0.2) is 4.57 Å². The molecule has 0 atom stereocenters. The van der Waals surface area contributed by atoms with Crippen molar-refractivity contribution in [3.05, 3.63) is 267 Å². The third-order valence-corrected chi connectivity index (χ3v) is 13.8. The average Bonchev–Trinajstić information content (AvgIpc) is 3.76. The molecular formula is C66H44N2. The molecule has 0 bridgehead atoms.